The number of nitrogens with one attached hydrogen (secondary N) is 2. The molecular formula is C20H17ClF3N5O. The Bertz CT molecular complexity index is 1100. The van der Waals surface area contributed by atoms with Crippen molar-refractivity contribution in [3.63, 3.8) is 0 Å². The molecule has 1 amide bonds. The summed E-state index contributed by atoms with van der Waals surface area (Å²) in [6, 6.07) is 5.57. The molecule has 3 heterocycles. The normalized spacial score (nSPS) is 13.7. The molecule has 0 spiro atoms. The Morgan fingerprint density at radius 2 is 2.10 bits per heavy atom. The first-order chi connectivity index (χ1) is 14.3. The molecule has 30 heavy (non-hydrogen) atoms. The van der Waals surface area contributed by atoms with Crippen LogP contribution < -0.4 is 10.6 Å². The van der Waals surface area contributed by atoms with Crippen LogP contribution in [0.5, 0.6) is 0 Å². The monoisotopic (exact) mass is 435 g/mol. The molecule has 10 heteroatoms. The third kappa shape index (κ3) is 4.47. The van der Waals surface area contributed by atoms with E-state index in [1.807, 2.05) is 6.07 Å². The van der Waals surface area contributed by atoms with E-state index in [2.05, 4.69) is 20.6 Å². The second kappa shape index (κ2) is 8.08. The molecule has 1 aliphatic rings. The lowest BCUT2D eigenvalue weighted by atomic mass is 10.0. The summed E-state index contributed by atoms with van der Waals surface area (Å²) >= 11 is 5.65. The molecule has 0 atom stereocenters. The number of carbonyl (C=O) groups is 1. The van der Waals surface area contributed by atoms with Gasteiger partial charge >= 0.3 is 6.18 Å². The van der Waals surface area contributed by atoms with Crippen LogP contribution in [0.4, 0.5) is 19.0 Å². The van der Waals surface area contributed by atoms with E-state index in [9.17, 15) is 18.0 Å². The van der Waals surface area contributed by atoms with Crippen molar-refractivity contribution in [1.29, 1.82) is 0 Å². The molecule has 3 aromatic rings. The molecule has 1 aliphatic heterocycles. The zero-order valence-electron chi connectivity index (χ0n) is 15.6. The molecule has 0 saturated heterocycles. The zero-order valence-corrected chi connectivity index (χ0v) is 16.4. The van der Waals surface area contributed by atoms with E-state index in [0.717, 1.165) is 30.3 Å². The maximum Gasteiger partial charge on any atom is 0.417 e. The standard InChI is InChI=1S/C20H17ClF3N5O/c21-16-2-1-12(5-15(16)20(22,23)24)9-29-10-18(27-11-29)28-19(30)14-6-13-3-4-25-8-17(13)26-7-14/h1-2,5-7,10-11,25H,3-4,8-9H2,(H,28,30). The number of carbonyl (C=O) groups excluding carboxylic acids is 1. The fourth-order valence-electron chi connectivity index (χ4n) is 3.27. The van der Waals surface area contributed by atoms with Gasteiger partial charge in [0.1, 0.15) is 0 Å². The lowest BCUT2D eigenvalue weighted by molar-refractivity contribution is -0.137. The van der Waals surface area contributed by atoms with Crippen LogP contribution in [0.3, 0.4) is 0 Å². The summed E-state index contributed by atoms with van der Waals surface area (Å²) in [6.45, 7) is 1.67. The predicted molar refractivity (Wildman–Crippen MR) is 105 cm³/mol. The minimum atomic E-state index is -4.53. The van der Waals surface area contributed by atoms with Crippen LogP contribution in [0, 0.1) is 0 Å². The van der Waals surface area contributed by atoms with Gasteiger partial charge in [0, 0.05) is 25.5 Å². The highest BCUT2D eigenvalue weighted by Gasteiger charge is 2.33. The Kier molecular flexibility index (Phi) is 5.48. The van der Waals surface area contributed by atoms with Gasteiger partial charge in [0.25, 0.3) is 5.91 Å². The number of pyridine rings is 1. The van der Waals surface area contributed by atoms with Crippen LogP contribution >= 0.6 is 11.6 Å². The van der Waals surface area contributed by atoms with Gasteiger partial charge in [0.15, 0.2) is 5.82 Å². The first kappa shape index (κ1) is 20.4. The maximum atomic E-state index is 13.0. The zero-order chi connectivity index (χ0) is 21.3. The quantitative estimate of drug-likeness (QED) is 0.652. The fraction of sp³-hybridized carbons (Fsp3) is 0.250. The van der Waals surface area contributed by atoms with E-state index in [4.69, 9.17) is 11.6 Å². The average molecular weight is 436 g/mol. The van der Waals surface area contributed by atoms with Crippen molar-refractivity contribution in [1.82, 2.24) is 19.9 Å². The predicted octanol–water partition coefficient (Wildman–Crippen LogP) is 3.90. The number of rotatable bonds is 4. The van der Waals surface area contributed by atoms with E-state index < -0.39 is 11.7 Å². The van der Waals surface area contributed by atoms with Gasteiger partial charge in [-0.15, -0.1) is 0 Å². The molecular weight excluding hydrogens is 419 g/mol. The van der Waals surface area contributed by atoms with E-state index >= 15 is 0 Å². The van der Waals surface area contributed by atoms with E-state index in [1.165, 1.54) is 24.7 Å². The smallest absolute Gasteiger partial charge is 0.331 e. The molecule has 0 fully saturated rings. The van der Waals surface area contributed by atoms with Gasteiger partial charge in [-0.1, -0.05) is 17.7 Å². The van der Waals surface area contributed by atoms with Crippen molar-refractivity contribution in [2.24, 2.45) is 0 Å². The minimum Gasteiger partial charge on any atom is -0.331 e. The molecule has 156 valence electrons. The number of anilines is 1. The van der Waals surface area contributed by atoms with Crippen molar-refractivity contribution in [2.75, 3.05) is 11.9 Å². The minimum absolute atomic E-state index is 0.149. The van der Waals surface area contributed by atoms with Crippen LogP contribution in [0.15, 0.2) is 43.0 Å². The van der Waals surface area contributed by atoms with Crippen molar-refractivity contribution in [3.05, 3.63) is 76.0 Å². The molecule has 1 aromatic carbocycles. The van der Waals surface area contributed by atoms with Crippen molar-refractivity contribution in [2.45, 2.75) is 25.7 Å². The molecule has 0 aliphatic carbocycles. The third-order valence-electron chi connectivity index (χ3n) is 4.76. The highest BCUT2D eigenvalue weighted by Crippen LogP contribution is 2.35. The maximum absolute atomic E-state index is 13.0. The number of hydrogen-bond donors (Lipinski definition) is 2. The first-order valence-electron chi connectivity index (χ1n) is 9.17. The number of amides is 1. The second-order valence-electron chi connectivity index (χ2n) is 6.95. The van der Waals surface area contributed by atoms with Crippen molar-refractivity contribution in [3.8, 4) is 0 Å². The van der Waals surface area contributed by atoms with Gasteiger partial charge in [0.2, 0.25) is 0 Å². The number of benzene rings is 1. The number of aromatic nitrogens is 3. The summed E-state index contributed by atoms with van der Waals surface area (Å²) in [5.41, 5.74) is 1.93. The molecule has 2 N–H and O–H groups in total. The fourth-order valence-corrected chi connectivity index (χ4v) is 3.49. The first-order valence-corrected chi connectivity index (χ1v) is 9.54. The van der Waals surface area contributed by atoms with Crippen LogP contribution in [-0.2, 0) is 25.7 Å². The van der Waals surface area contributed by atoms with Crippen LogP contribution in [0.25, 0.3) is 0 Å². The van der Waals surface area contributed by atoms with Crippen LogP contribution in [0.1, 0.15) is 32.7 Å². The second-order valence-corrected chi connectivity index (χ2v) is 7.36. The van der Waals surface area contributed by atoms with E-state index in [-0.39, 0.29) is 17.5 Å². The third-order valence-corrected chi connectivity index (χ3v) is 5.09. The molecule has 2 aromatic heterocycles. The summed E-state index contributed by atoms with van der Waals surface area (Å²) in [5.74, 6) is -0.0515. The van der Waals surface area contributed by atoms with Crippen LogP contribution in [-0.4, -0.2) is 27.0 Å². The van der Waals surface area contributed by atoms with Gasteiger partial charge < -0.3 is 15.2 Å². The molecule has 6 nitrogen and oxygen atoms in total. The highest BCUT2D eigenvalue weighted by molar-refractivity contribution is 6.31. The molecule has 4 rings (SSSR count). The number of halogens is 4. The number of alkyl halides is 3. The Hall–Kier alpha value is -2.91. The molecule has 0 saturated carbocycles. The van der Waals surface area contributed by atoms with Gasteiger partial charge in [-0.25, -0.2) is 4.98 Å². The van der Waals surface area contributed by atoms with Gasteiger partial charge in [-0.3, -0.25) is 9.78 Å². The van der Waals surface area contributed by atoms with Gasteiger partial charge in [0.05, 0.1) is 28.2 Å². The lowest BCUT2D eigenvalue weighted by Crippen LogP contribution is -2.25. The molecule has 0 unspecified atom stereocenters. The summed E-state index contributed by atoms with van der Waals surface area (Å²) in [6.07, 6.45) is 0.785. The number of imidazole rings is 1. The average Bonchev–Trinajstić information content (AvgIpc) is 3.15. The summed E-state index contributed by atoms with van der Waals surface area (Å²) < 4.78 is 40.6. The van der Waals surface area contributed by atoms with Gasteiger partial charge in [-0.05, 0) is 42.3 Å². The van der Waals surface area contributed by atoms with Crippen molar-refractivity contribution >= 4 is 23.3 Å². The largest absolute Gasteiger partial charge is 0.417 e. The summed E-state index contributed by atoms with van der Waals surface area (Å²) in [7, 11) is 0. The summed E-state index contributed by atoms with van der Waals surface area (Å²) in [4.78, 5) is 20.9. The SMILES string of the molecule is O=C(Nc1cn(Cc2ccc(Cl)c(C(F)(F)F)c2)cn1)c1cnc2c(c1)CCNC2. The van der Waals surface area contributed by atoms with Crippen LogP contribution in [0.2, 0.25) is 5.02 Å². The van der Waals surface area contributed by atoms with Gasteiger partial charge in [-0.2, -0.15) is 13.2 Å². The highest BCUT2D eigenvalue weighted by atomic mass is 35.5. The van der Waals surface area contributed by atoms with E-state index in [0.29, 0.717) is 23.5 Å². The lowest BCUT2D eigenvalue weighted by Gasteiger charge is -2.16. The molecule has 0 bridgehead atoms. The topological polar surface area (TPSA) is 71.8 Å². The number of hydrogen-bond acceptors (Lipinski definition) is 4. The number of fused-ring (bicyclic) bond motifs is 1. The van der Waals surface area contributed by atoms with E-state index in [1.54, 1.807) is 10.8 Å². The summed E-state index contributed by atoms with van der Waals surface area (Å²) in [5, 5.41) is 5.56. The Morgan fingerprint density at radius 3 is 2.90 bits per heavy atom. The number of nitrogens with zero attached hydrogens (tertiary/aromatic N) is 3. The Morgan fingerprint density at radius 1 is 1.27 bits per heavy atom. The Balaban J connectivity index is 1.45. The van der Waals surface area contributed by atoms with Crippen molar-refractivity contribution < 1.29 is 18.0 Å². The molecule has 0 radical (unpaired) electrons. The Labute approximate surface area is 175 Å².